The molecule has 0 aliphatic carbocycles. The average molecular weight is 236 g/mol. The first kappa shape index (κ1) is 10.6. The van der Waals surface area contributed by atoms with Gasteiger partial charge >= 0.3 is 0 Å². The lowest BCUT2D eigenvalue weighted by molar-refractivity contribution is -0.0173. The van der Waals surface area contributed by atoms with E-state index >= 15 is 0 Å². The molecule has 17 heavy (non-hydrogen) atoms. The van der Waals surface area contributed by atoms with Crippen molar-refractivity contribution in [2.45, 2.75) is 12.5 Å². The third-order valence-corrected chi connectivity index (χ3v) is 3.27. The molecule has 2 aliphatic heterocycles. The van der Waals surface area contributed by atoms with E-state index in [2.05, 4.69) is 27.1 Å². The maximum absolute atomic E-state index is 5.64. The van der Waals surface area contributed by atoms with Gasteiger partial charge in [-0.05, 0) is 6.92 Å². The molecule has 1 aromatic rings. The van der Waals surface area contributed by atoms with Gasteiger partial charge in [0.15, 0.2) is 11.6 Å². The van der Waals surface area contributed by atoms with Crippen molar-refractivity contribution in [1.82, 2.24) is 9.97 Å². The summed E-state index contributed by atoms with van der Waals surface area (Å²) in [6, 6.07) is 0. The zero-order valence-electron chi connectivity index (χ0n) is 10.1. The van der Waals surface area contributed by atoms with E-state index in [0.717, 1.165) is 37.0 Å². The molecule has 1 fully saturated rings. The van der Waals surface area contributed by atoms with Gasteiger partial charge in [-0.15, -0.1) is 0 Å². The molecule has 0 radical (unpaired) electrons. The largest absolute Gasteiger partial charge is 0.485 e. The Balaban J connectivity index is 1.85. The molecule has 1 saturated heterocycles. The van der Waals surface area contributed by atoms with Crippen LogP contribution in [0.4, 0.5) is 11.6 Å². The zero-order chi connectivity index (χ0) is 11.9. The van der Waals surface area contributed by atoms with E-state index in [1.807, 2.05) is 0 Å². The lowest BCUT2D eigenvalue weighted by Crippen LogP contribution is -2.61. The Morgan fingerprint density at radius 1 is 1.47 bits per heavy atom. The molecule has 1 N–H and O–H groups in total. The van der Waals surface area contributed by atoms with Crippen molar-refractivity contribution in [3.05, 3.63) is 6.33 Å². The summed E-state index contributed by atoms with van der Waals surface area (Å²) >= 11 is 0. The average Bonchev–Trinajstić information content (AvgIpc) is 2.34. The van der Waals surface area contributed by atoms with Crippen LogP contribution in [0.15, 0.2) is 6.33 Å². The lowest BCUT2D eigenvalue weighted by atomic mass is 9.96. The molecule has 0 amide bonds. The van der Waals surface area contributed by atoms with Gasteiger partial charge in [0.2, 0.25) is 5.75 Å². The third-order valence-electron chi connectivity index (χ3n) is 3.27. The normalized spacial score (nSPS) is 20.9. The summed E-state index contributed by atoms with van der Waals surface area (Å²) in [5.74, 6) is 2.40. The first-order valence-corrected chi connectivity index (χ1v) is 5.74. The van der Waals surface area contributed by atoms with Gasteiger partial charge in [0, 0.05) is 7.11 Å². The van der Waals surface area contributed by atoms with Crippen LogP contribution in [0.1, 0.15) is 6.92 Å². The standard InChI is InChI=1S/C11H16N4O2/c1-11(16-2)5-15(6-11)10-8-9(13-7-14-10)12-3-4-17-8/h7H,3-6H2,1-2H3,(H,12,13,14). The molecular formula is C11H16N4O2. The van der Waals surface area contributed by atoms with Gasteiger partial charge in [-0.1, -0.05) is 0 Å². The number of hydrogen-bond acceptors (Lipinski definition) is 6. The second-order valence-corrected chi connectivity index (χ2v) is 4.66. The first-order valence-electron chi connectivity index (χ1n) is 5.74. The Morgan fingerprint density at radius 2 is 2.29 bits per heavy atom. The van der Waals surface area contributed by atoms with Crippen LogP contribution in [0.25, 0.3) is 0 Å². The number of nitrogens with one attached hydrogen (secondary N) is 1. The van der Waals surface area contributed by atoms with E-state index in [1.165, 1.54) is 0 Å². The summed E-state index contributed by atoms with van der Waals surface area (Å²) in [5.41, 5.74) is -0.0695. The van der Waals surface area contributed by atoms with Crippen molar-refractivity contribution >= 4 is 11.6 Å². The number of ether oxygens (including phenoxy) is 2. The number of aromatic nitrogens is 2. The van der Waals surface area contributed by atoms with E-state index < -0.39 is 0 Å². The molecule has 0 atom stereocenters. The van der Waals surface area contributed by atoms with Crippen LogP contribution in [0, 0.1) is 0 Å². The Kier molecular flexibility index (Phi) is 2.32. The van der Waals surface area contributed by atoms with Crippen molar-refractivity contribution in [1.29, 1.82) is 0 Å². The number of methoxy groups -OCH3 is 1. The van der Waals surface area contributed by atoms with E-state index in [4.69, 9.17) is 9.47 Å². The lowest BCUT2D eigenvalue weighted by Gasteiger charge is -2.47. The molecule has 0 bridgehead atoms. The van der Waals surface area contributed by atoms with Crippen molar-refractivity contribution in [2.24, 2.45) is 0 Å². The topological polar surface area (TPSA) is 59.5 Å². The highest BCUT2D eigenvalue weighted by Crippen LogP contribution is 2.38. The van der Waals surface area contributed by atoms with Gasteiger partial charge < -0.3 is 19.7 Å². The monoisotopic (exact) mass is 236 g/mol. The predicted molar refractivity (Wildman–Crippen MR) is 63.6 cm³/mol. The highest BCUT2D eigenvalue weighted by Gasteiger charge is 2.41. The second-order valence-electron chi connectivity index (χ2n) is 4.66. The summed E-state index contributed by atoms with van der Waals surface area (Å²) in [7, 11) is 1.74. The van der Waals surface area contributed by atoms with Crippen LogP contribution in [-0.4, -0.2) is 48.9 Å². The molecule has 6 nitrogen and oxygen atoms in total. The summed E-state index contributed by atoms with van der Waals surface area (Å²) in [6.45, 7) is 5.20. The molecule has 2 aliphatic rings. The van der Waals surface area contributed by atoms with Crippen LogP contribution in [0.3, 0.4) is 0 Å². The molecule has 0 unspecified atom stereocenters. The molecule has 0 saturated carbocycles. The van der Waals surface area contributed by atoms with Crippen LogP contribution in [-0.2, 0) is 4.74 Å². The summed E-state index contributed by atoms with van der Waals surface area (Å²) < 4.78 is 11.1. The van der Waals surface area contributed by atoms with E-state index in [1.54, 1.807) is 13.4 Å². The van der Waals surface area contributed by atoms with E-state index in [-0.39, 0.29) is 5.60 Å². The fourth-order valence-electron chi connectivity index (χ4n) is 2.21. The van der Waals surface area contributed by atoms with Crippen LogP contribution in [0.2, 0.25) is 0 Å². The molecule has 0 spiro atoms. The number of rotatable bonds is 2. The highest BCUT2D eigenvalue weighted by molar-refractivity contribution is 5.66. The summed E-state index contributed by atoms with van der Waals surface area (Å²) in [5, 5.41) is 3.21. The van der Waals surface area contributed by atoms with Gasteiger partial charge in [0.25, 0.3) is 0 Å². The predicted octanol–water partition coefficient (Wildman–Crippen LogP) is 0.506. The number of anilines is 2. The minimum atomic E-state index is -0.0695. The van der Waals surface area contributed by atoms with Gasteiger partial charge in [-0.2, -0.15) is 0 Å². The second kappa shape index (κ2) is 3.73. The maximum Gasteiger partial charge on any atom is 0.204 e. The van der Waals surface area contributed by atoms with Crippen molar-refractivity contribution in [3.63, 3.8) is 0 Å². The third kappa shape index (κ3) is 1.68. The number of nitrogens with zero attached hydrogens (tertiary/aromatic N) is 3. The highest BCUT2D eigenvalue weighted by atomic mass is 16.5. The smallest absolute Gasteiger partial charge is 0.204 e. The van der Waals surface area contributed by atoms with Crippen LogP contribution in [0.5, 0.6) is 5.75 Å². The SMILES string of the molecule is COC1(C)CN(c2ncnc3c2OCCN3)C1. The number of hydrogen-bond donors (Lipinski definition) is 1. The summed E-state index contributed by atoms with van der Waals surface area (Å²) in [6.07, 6.45) is 1.57. The van der Waals surface area contributed by atoms with Gasteiger partial charge in [-0.3, -0.25) is 0 Å². The number of fused-ring (bicyclic) bond motifs is 1. The van der Waals surface area contributed by atoms with E-state index in [0.29, 0.717) is 6.61 Å². The van der Waals surface area contributed by atoms with Crippen LogP contribution < -0.4 is 15.0 Å². The minimum Gasteiger partial charge on any atom is -0.485 e. The van der Waals surface area contributed by atoms with E-state index in [9.17, 15) is 0 Å². The Hall–Kier alpha value is -1.56. The van der Waals surface area contributed by atoms with Crippen LogP contribution >= 0.6 is 0 Å². The first-order chi connectivity index (χ1) is 8.22. The molecule has 6 heteroatoms. The molecule has 92 valence electrons. The molecule has 1 aromatic heterocycles. The van der Waals surface area contributed by atoms with Crippen molar-refractivity contribution in [2.75, 3.05) is 43.6 Å². The Morgan fingerprint density at radius 3 is 3.06 bits per heavy atom. The Bertz CT molecular complexity index is 431. The zero-order valence-corrected chi connectivity index (χ0v) is 10.1. The molecule has 3 heterocycles. The van der Waals surface area contributed by atoms with Gasteiger partial charge in [0.05, 0.1) is 25.2 Å². The molecule has 3 rings (SSSR count). The van der Waals surface area contributed by atoms with Crippen molar-refractivity contribution in [3.8, 4) is 5.75 Å². The maximum atomic E-state index is 5.64. The fourth-order valence-corrected chi connectivity index (χ4v) is 2.21. The molecular weight excluding hydrogens is 220 g/mol. The van der Waals surface area contributed by atoms with Gasteiger partial charge in [-0.25, -0.2) is 9.97 Å². The van der Waals surface area contributed by atoms with Gasteiger partial charge in [0.1, 0.15) is 12.9 Å². The van der Waals surface area contributed by atoms with Crippen molar-refractivity contribution < 1.29 is 9.47 Å². The Labute approximate surface area is 100.0 Å². The fraction of sp³-hybridized carbons (Fsp3) is 0.636. The summed E-state index contributed by atoms with van der Waals surface area (Å²) in [4.78, 5) is 10.6. The quantitative estimate of drug-likeness (QED) is 0.807. The minimum absolute atomic E-state index is 0.0695. The molecule has 0 aromatic carbocycles.